The van der Waals surface area contributed by atoms with E-state index in [1.165, 1.54) is 12.5 Å². The van der Waals surface area contributed by atoms with Crippen molar-refractivity contribution in [2.24, 2.45) is 7.05 Å². The molecule has 0 unspecified atom stereocenters. The predicted molar refractivity (Wildman–Crippen MR) is 74.7 cm³/mol. The van der Waals surface area contributed by atoms with E-state index < -0.39 is 10.0 Å². The van der Waals surface area contributed by atoms with Crippen molar-refractivity contribution in [1.29, 1.82) is 0 Å². The number of hydrogen-bond acceptors (Lipinski definition) is 5. The first kappa shape index (κ1) is 14.4. The first-order chi connectivity index (χ1) is 9.47. The quantitative estimate of drug-likeness (QED) is 0.592. The van der Waals surface area contributed by atoms with Gasteiger partial charge in [0.05, 0.1) is 6.33 Å². The zero-order chi connectivity index (χ0) is 14.6. The molecule has 0 aliphatic rings. The van der Waals surface area contributed by atoms with Crippen LogP contribution in [-0.2, 0) is 17.1 Å². The average Bonchev–Trinajstić information content (AvgIpc) is 2.84. The van der Waals surface area contributed by atoms with Gasteiger partial charge in [-0.3, -0.25) is 0 Å². The van der Waals surface area contributed by atoms with Crippen LogP contribution in [-0.4, -0.2) is 31.1 Å². The highest BCUT2D eigenvalue weighted by Crippen LogP contribution is 2.12. The largest absolute Gasteiger partial charge is 0.492 e. The van der Waals surface area contributed by atoms with Crippen molar-refractivity contribution in [3.63, 3.8) is 0 Å². The Balaban J connectivity index is 1.82. The monoisotopic (exact) mass is 296 g/mol. The van der Waals surface area contributed by atoms with Crippen LogP contribution in [0.15, 0.2) is 41.8 Å². The van der Waals surface area contributed by atoms with E-state index in [4.69, 9.17) is 10.5 Å². The van der Waals surface area contributed by atoms with Crippen molar-refractivity contribution in [3.8, 4) is 5.75 Å². The fourth-order valence-electron chi connectivity index (χ4n) is 1.51. The van der Waals surface area contributed by atoms with Crippen LogP contribution in [0.3, 0.4) is 0 Å². The first-order valence-electron chi connectivity index (χ1n) is 5.93. The number of nitrogen functional groups attached to an aromatic ring is 1. The predicted octanol–water partition coefficient (Wildman–Crippen LogP) is 0.360. The Bertz CT molecular complexity index is 664. The topological polar surface area (TPSA) is 99.2 Å². The number of aryl methyl sites for hydroxylation is 1. The number of ether oxygens (including phenoxy) is 1. The summed E-state index contributed by atoms with van der Waals surface area (Å²) < 4.78 is 33.1. The summed E-state index contributed by atoms with van der Waals surface area (Å²) in [6, 6.07) is 6.88. The van der Waals surface area contributed by atoms with Crippen LogP contribution < -0.4 is 15.2 Å². The van der Waals surface area contributed by atoms with E-state index in [2.05, 4.69) is 9.71 Å². The molecule has 2 rings (SSSR count). The van der Waals surface area contributed by atoms with Crippen molar-refractivity contribution in [2.45, 2.75) is 5.03 Å². The SMILES string of the molecule is Cn1cnc(S(=O)(=O)NCCOc2ccc(N)cc2)c1. The fraction of sp³-hybridized carbons (Fsp3) is 0.250. The van der Waals surface area contributed by atoms with Crippen LogP contribution in [0.2, 0.25) is 0 Å². The van der Waals surface area contributed by atoms with Crippen molar-refractivity contribution < 1.29 is 13.2 Å². The number of aromatic nitrogens is 2. The molecule has 0 aliphatic carbocycles. The molecule has 20 heavy (non-hydrogen) atoms. The highest BCUT2D eigenvalue weighted by molar-refractivity contribution is 7.89. The summed E-state index contributed by atoms with van der Waals surface area (Å²) in [5.41, 5.74) is 6.20. The molecule has 3 N–H and O–H groups in total. The molecule has 0 amide bonds. The molecule has 2 aromatic rings. The van der Waals surface area contributed by atoms with Gasteiger partial charge in [-0.25, -0.2) is 18.1 Å². The van der Waals surface area contributed by atoms with E-state index >= 15 is 0 Å². The Morgan fingerprint density at radius 1 is 1.35 bits per heavy atom. The van der Waals surface area contributed by atoms with Crippen LogP contribution in [0.25, 0.3) is 0 Å². The van der Waals surface area contributed by atoms with Gasteiger partial charge in [0, 0.05) is 25.5 Å². The number of nitrogens with one attached hydrogen (secondary N) is 1. The zero-order valence-corrected chi connectivity index (χ0v) is 11.8. The van der Waals surface area contributed by atoms with Gasteiger partial charge in [0.2, 0.25) is 0 Å². The Hall–Kier alpha value is -2.06. The van der Waals surface area contributed by atoms with Crippen LogP contribution in [0.1, 0.15) is 0 Å². The maximum absolute atomic E-state index is 11.8. The number of anilines is 1. The van der Waals surface area contributed by atoms with Gasteiger partial charge in [-0.05, 0) is 24.3 Å². The van der Waals surface area contributed by atoms with Gasteiger partial charge in [-0.15, -0.1) is 0 Å². The van der Waals surface area contributed by atoms with Gasteiger partial charge >= 0.3 is 0 Å². The molecule has 7 nitrogen and oxygen atoms in total. The highest BCUT2D eigenvalue weighted by Gasteiger charge is 2.15. The molecule has 1 aromatic heterocycles. The summed E-state index contributed by atoms with van der Waals surface area (Å²) in [6.45, 7) is 0.374. The Morgan fingerprint density at radius 3 is 2.65 bits per heavy atom. The van der Waals surface area contributed by atoms with E-state index in [-0.39, 0.29) is 18.2 Å². The molecule has 108 valence electrons. The van der Waals surface area contributed by atoms with Crippen molar-refractivity contribution >= 4 is 15.7 Å². The van der Waals surface area contributed by atoms with Gasteiger partial charge in [0.25, 0.3) is 10.0 Å². The Morgan fingerprint density at radius 2 is 2.05 bits per heavy atom. The van der Waals surface area contributed by atoms with E-state index in [0.29, 0.717) is 11.4 Å². The van der Waals surface area contributed by atoms with Crippen LogP contribution in [0, 0.1) is 0 Å². The molecule has 0 bridgehead atoms. The summed E-state index contributed by atoms with van der Waals surface area (Å²) in [4.78, 5) is 3.79. The highest BCUT2D eigenvalue weighted by atomic mass is 32.2. The second-order valence-electron chi connectivity index (χ2n) is 4.19. The lowest BCUT2D eigenvalue weighted by atomic mass is 10.3. The van der Waals surface area contributed by atoms with Crippen LogP contribution in [0.4, 0.5) is 5.69 Å². The zero-order valence-electron chi connectivity index (χ0n) is 11.0. The fourth-order valence-corrected chi connectivity index (χ4v) is 2.50. The number of sulfonamides is 1. The smallest absolute Gasteiger partial charge is 0.259 e. The molecule has 0 saturated heterocycles. The van der Waals surface area contributed by atoms with Crippen molar-refractivity contribution in [2.75, 3.05) is 18.9 Å². The van der Waals surface area contributed by atoms with Gasteiger partial charge in [-0.2, -0.15) is 0 Å². The van der Waals surface area contributed by atoms with Crippen molar-refractivity contribution in [1.82, 2.24) is 14.3 Å². The molecule has 0 saturated carbocycles. The van der Waals surface area contributed by atoms with Crippen LogP contribution >= 0.6 is 0 Å². The molecule has 0 spiro atoms. The Labute approximate surface area is 117 Å². The minimum absolute atomic E-state index is 0.00696. The number of nitrogens with zero attached hydrogens (tertiary/aromatic N) is 2. The molecule has 0 fully saturated rings. The molecule has 1 aromatic carbocycles. The number of imidazole rings is 1. The maximum Gasteiger partial charge on any atom is 0.259 e. The van der Waals surface area contributed by atoms with E-state index in [1.54, 1.807) is 35.9 Å². The number of nitrogens with two attached hydrogens (primary N) is 1. The van der Waals surface area contributed by atoms with E-state index in [1.807, 2.05) is 0 Å². The maximum atomic E-state index is 11.8. The lowest BCUT2D eigenvalue weighted by Crippen LogP contribution is -2.28. The van der Waals surface area contributed by atoms with Crippen LogP contribution in [0.5, 0.6) is 5.75 Å². The lowest BCUT2D eigenvalue weighted by molar-refractivity contribution is 0.323. The third kappa shape index (κ3) is 3.72. The molecular weight excluding hydrogens is 280 g/mol. The summed E-state index contributed by atoms with van der Waals surface area (Å²) in [5.74, 6) is 0.635. The number of rotatable bonds is 6. The number of benzene rings is 1. The molecule has 0 atom stereocenters. The molecule has 0 radical (unpaired) electrons. The lowest BCUT2D eigenvalue weighted by Gasteiger charge is -2.07. The summed E-state index contributed by atoms with van der Waals surface area (Å²) >= 11 is 0. The summed E-state index contributed by atoms with van der Waals surface area (Å²) in [5, 5.41) is -0.00696. The summed E-state index contributed by atoms with van der Waals surface area (Å²) in [6.07, 6.45) is 2.86. The second-order valence-corrected chi connectivity index (χ2v) is 5.91. The third-order valence-electron chi connectivity index (χ3n) is 2.50. The molecule has 8 heteroatoms. The molecular formula is C12H16N4O3S. The standard InChI is InChI=1S/C12H16N4O3S/c1-16-8-12(14-9-16)20(17,18)15-6-7-19-11-4-2-10(13)3-5-11/h2-5,8-9,15H,6-7,13H2,1H3. The second kappa shape index (κ2) is 5.93. The van der Waals surface area contributed by atoms with E-state index in [0.717, 1.165) is 0 Å². The van der Waals surface area contributed by atoms with Gasteiger partial charge in [0.1, 0.15) is 12.4 Å². The number of hydrogen-bond donors (Lipinski definition) is 2. The molecule has 0 aliphatic heterocycles. The van der Waals surface area contributed by atoms with Crippen molar-refractivity contribution in [3.05, 3.63) is 36.8 Å². The first-order valence-corrected chi connectivity index (χ1v) is 7.42. The summed E-state index contributed by atoms with van der Waals surface area (Å²) in [7, 11) is -1.88. The normalized spacial score (nSPS) is 11.4. The third-order valence-corrected chi connectivity index (χ3v) is 3.85. The van der Waals surface area contributed by atoms with Gasteiger partial charge in [-0.1, -0.05) is 0 Å². The van der Waals surface area contributed by atoms with Gasteiger partial charge in [0.15, 0.2) is 5.03 Å². The minimum Gasteiger partial charge on any atom is -0.492 e. The Kier molecular flexibility index (Phi) is 4.26. The van der Waals surface area contributed by atoms with Gasteiger partial charge < -0.3 is 15.0 Å². The average molecular weight is 296 g/mol. The minimum atomic E-state index is -3.58. The van der Waals surface area contributed by atoms with E-state index in [9.17, 15) is 8.42 Å². The molecule has 1 heterocycles.